The van der Waals surface area contributed by atoms with Crippen LogP contribution in [0.2, 0.25) is 0 Å². The van der Waals surface area contributed by atoms with Crippen LogP contribution in [0.3, 0.4) is 0 Å². The van der Waals surface area contributed by atoms with Crippen molar-refractivity contribution in [3.05, 3.63) is 11.6 Å². The fourth-order valence-corrected chi connectivity index (χ4v) is 7.35. The van der Waals surface area contributed by atoms with Crippen LogP contribution in [-0.4, -0.2) is 50.6 Å². The van der Waals surface area contributed by atoms with Gasteiger partial charge >= 0.3 is 5.97 Å². The lowest BCUT2D eigenvalue weighted by Gasteiger charge is -2.63. The van der Waals surface area contributed by atoms with E-state index in [0.29, 0.717) is 0 Å². The number of carboxylic acid groups (broad SMARTS) is 1. The number of aliphatic hydroxyl groups excluding tert-OH is 1. The van der Waals surface area contributed by atoms with Crippen molar-refractivity contribution in [2.75, 3.05) is 0 Å². The molecule has 4 aliphatic rings. The quantitative estimate of drug-likeness (QED) is 0.631. The van der Waals surface area contributed by atoms with Crippen molar-refractivity contribution < 1.29 is 33.7 Å². The summed E-state index contributed by atoms with van der Waals surface area (Å²) in [5.41, 5.74) is -6.75. The molecule has 9 atom stereocenters. The number of rotatable bonds is 1. The van der Waals surface area contributed by atoms with E-state index in [9.17, 15) is 24.9 Å². The van der Waals surface area contributed by atoms with E-state index in [1.165, 1.54) is 6.08 Å². The molecule has 0 aromatic rings. The molecule has 0 spiro atoms. The maximum Gasteiger partial charge on any atom is 0.336 e. The van der Waals surface area contributed by atoms with E-state index < -0.39 is 58.1 Å². The lowest BCUT2D eigenvalue weighted by Crippen LogP contribution is -2.71. The Hall–Kier alpha value is -1.34. The van der Waals surface area contributed by atoms with Gasteiger partial charge in [-0.2, -0.15) is 0 Å². The van der Waals surface area contributed by atoms with Gasteiger partial charge in [-0.1, -0.05) is 20.8 Å². The SMILES string of the molecule is C[C@@H]1C[C@H]2[C@@H]3C[C@H](F)C4=CC(=O)CC[C@]4(C)[C@@]3(F)[C@@H](O)C[C@]2(C)[C@@]1(O)C(=O)O. The standard InChI is InChI=1S/C21H28F2O5/c1-10-6-12-13-8-15(22)14-7-11(24)4-5-18(14,2)20(13,23)16(25)9-19(12,3)21(10,28)17(26)27/h7,10,12-13,15-16,25,28H,4-6,8-9H2,1-3H3,(H,26,27)/t10-,12+,13+,15+,16+,18+,19+,20+,21+/m1/s1. The summed E-state index contributed by atoms with van der Waals surface area (Å²) >= 11 is 0. The Morgan fingerprint density at radius 3 is 2.50 bits per heavy atom. The van der Waals surface area contributed by atoms with E-state index in [0.717, 1.165) is 0 Å². The molecule has 0 bridgehead atoms. The number of aliphatic hydroxyl groups is 2. The Labute approximate surface area is 162 Å². The molecule has 4 rings (SSSR count). The largest absolute Gasteiger partial charge is 0.479 e. The van der Waals surface area contributed by atoms with Crippen molar-refractivity contribution in [1.29, 1.82) is 0 Å². The number of hydrogen-bond acceptors (Lipinski definition) is 4. The highest BCUT2D eigenvalue weighted by molar-refractivity contribution is 5.92. The fraction of sp³-hybridized carbons (Fsp3) is 0.810. The summed E-state index contributed by atoms with van der Waals surface area (Å²) in [6, 6.07) is 0. The zero-order chi connectivity index (χ0) is 20.9. The van der Waals surface area contributed by atoms with Crippen LogP contribution in [0, 0.1) is 28.6 Å². The molecule has 7 heteroatoms. The molecule has 0 heterocycles. The van der Waals surface area contributed by atoms with Crippen LogP contribution in [0.1, 0.15) is 52.9 Å². The van der Waals surface area contributed by atoms with Gasteiger partial charge in [0.1, 0.15) is 11.8 Å². The van der Waals surface area contributed by atoms with Gasteiger partial charge in [-0.05, 0) is 49.2 Å². The van der Waals surface area contributed by atoms with Gasteiger partial charge in [-0.3, -0.25) is 4.79 Å². The maximum absolute atomic E-state index is 16.8. The zero-order valence-corrected chi connectivity index (χ0v) is 16.4. The number of ketones is 1. The van der Waals surface area contributed by atoms with Crippen LogP contribution >= 0.6 is 0 Å². The summed E-state index contributed by atoms with van der Waals surface area (Å²) in [6.45, 7) is 4.78. The first-order chi connectivity index (χ1) is 12.8. The average Bonchev–Trinajstić information content (AvgIpc) is 2.81. The zero-order valence-electron chi connectivity index (χ0n) is 16.4. The Balaban J connectivity index is 1.87. The highest BCUT2D eigenvalue weighted by Gasteiger charge is 2.77. The summed E-state index contributed by atoms with van der Waals surface area (Å²) in [6.07, 6.45) is -1.84. The van der Waals surface area contributed by atoms with Gasteiger partial charge in [-0.15, -0.1) is 0 Å². The third-order valence-corrected chi connectivity index (χ3v) is 8.93. The summed E-state index contributed by atoms with van der Waals surface area (Å²) < 4.78 is 32.0. The first-order valence-electron chi connectivity index (χ1n) is 10.1. The smallest absolute Gasteiger partial charge is 0.336 e. The average molecular weight is 398 g/mol. The van der Waals surface area contributed by atoms with Gasteiger partial charge in [0.25, 0.3) is 0 Å². The van der Waals surface area contributed by atoms with Gasteiger partial charge in [0.2, 0.25) is 0 Å². The van der Waals surface area contributed by atoms with Crippen molar-refractivity contribution >= 4 is 11.8 Å². The van der Waals surface area contributed by atoms with Crippen LogP contribution in [-0.2, 0) is 9.59 Å². The van der Waals surface area contributed by atoms with E-state index in [1.807, 2.05) is 0 Å². The van der Waals surface area contributed by atoms with Gasteiger partial charge in [-0.25, -0.2) is 13.6 Å². The number of allylic oxidation sites excluding steroid dienone is 1. The first kappa shape index (κ1) is 20.0. The highest BCUT2D eigenvalue weighted by Crippen LogP contribution is 2.71. The molecule has 0 aromatic heterocycles. The van der Waals surface area contributed by atoms with E-state index in [-0.39, 0.29) is 43.5 Å². The topological polar surface area (TPSA) is 94.8 Å². The summed E-state index contributed by atoms with van der Waals surface area (Å²) in [7, 11) is 0. The van der Waals surface area contributed by atoms with Crippen LogP contribution in [0.4, 0.5) is 8.78 Å². The molecule has 0 aliphatic heterocycles. The molecule has 0 unspecified atom stereocenters. The second-order valence-corrected chi connectivity index (χ2v) is 9.93. The summed E-state index contributed by atoms with van der Waals surface area (Å²) in [5, 5.41) is 31.9. The van der Waals surface area contributed by atoms with Crippen molar-refractivity contribution in [2.45, 2.75) is 76.4 Å². The Morgan fingerprint density at radius 1 is 1.25 bits per heavy atom. The second-order valence-electron chi connectivity index (χ2n) is 9.93. The van der Waals surface area contributed by atoms with Crippen LogP contribution in [0.5, 0.6) is 0 Å². The molecule has 0 amide bonds. The molecule has 0 radical (unpaired) electrons. The van der Waals surface area contributed by atoms with E-state index in [4.69, 9.17) is 0 Å². The predicted molar refractivity (Wildman–Crippen MR) is 95.9 cm³/mol. The minimum atomic E-state index is -2.17. The molecule has 0 saturated heterocycles. The molecule has 0 aromatic carbocycles. The molecule has 3 fully saturated rings. The number of alkyl halides is 2. The number of carbonyl (C=O) groups excluding carboxylic acids is 1. The van der Waals surface area contributed by atoms with Crippen LogP contribution < -0.4 is 0 Å². The second kappa shape index (κ2) is 5.63. The fourth-order valence-electron chi connectivity index (χ4n) is 7.35. The van der Waals surface area contributed by atoms with Gasteiger partial charge in [0, 0.05) is 23.2 Å². The van der Waals surface area contributed by atoms with E-state index in [1.54, 1.807) is 20.8 Å². The van der Waals surface area contributed by atoms with Gasteiger partial charge in [0.15, 0.2) is 11.4 Å². The number of halogens is 2. The van der Waals surface area contributed by atoms with Gasteiger partial charge < -0.3 is 15.3 Å². The number of carbonyl (C=O) groups is 2. The minimum absolute atomic E-state index is 0.0925. The Bertz CT molecular complexity index is 783. The van der Waals surface area contributed by atoms with Crippen molar-refractivity contribution in [1.82, 2.24) is 0 Å². The molecule has 3 saturated carbocycles. The molecule has 5 nitrogen and oxygen atoms in total. The number of aliphatic carboxylic acids is 1. The summed E-state index contributed by atoms with van der Waals surface area (Å²) in [5.74, 6) is -3.77. The van der Waals surface area contributed by atoms with Crippen LogP contribution in [0.15, 0.2) is 11.6 Å². The van der Waals surface area contributed by atoms with Gasteiger partial charge in [0.05, 0.1) is 6.10 Å². The molecule has 4 aliphatic carbocycles. The monoisotopic (exact) mass is 398 g/mol. The molecule has 3 N–H and O–H groups in total. The van der Waals surface area contributed by atoms with Crippen molar-refractivity contribution in [3.8, 4) is 0 Å². The normalized spacial score (nSPS) is 55.8. The Morgan fingerprint density at radius 2 is 1.89 bits per heavy atom. The Kier molecular flexibility index (Phi) is 4.01. The van der Waals surface area contributed by atoms with E-state index in [2.05, 4.69) is 0 Å². The minimum Gasteiger partial charge on any atom is -0.479 e. The third-order valence-electron chi connectivity index (χ3n) is 8.93. The van der Waals surface area contributed by atoms with Crippen LogP contribution in [0.25, 0.3) is 0 Å². The van der Waals surface area contributed by atoms with Crippen molar-refractivity contribution in [3.63, 3.8) is 0 Å². The molecular weight excluding hydrogens is 370 g/mol. The predicted octanol–water partition coefficient (Wildman–Crippen LogP) is 2.59. The number of hydrogen-bond donors (Lipinski definition) is 3. The first-order valence-corrected chi connectivity index (χ1v) is 10.1. The molecular formula is C21H28F2O5. The molecule has 28 heavy (non-hydrogen) atoms. The van der Waals surface area contributed by atoms with Crippen molar-refractivity contribution in [2.24, 2.45) is 28.6 Å². The number of carboxylic acids is 1. The molecule has 156 valence electrons. The maximum atomic E-state index is 16.8. The lowest BCUT2D eigenvalue weighted by molar-refractivity contribution is -0.237. The lowest BCUT2D eigenvalue weighted by atomic mass is 9.43. The highest BCUT2D eigenvalue weighted by atomic mass is 19.1. The summed E-state index contributed by atoms with van der Waals surface area (Å²) in [4.78, 5) is 23.8. The number of fused-ring (bicyclic) bond motifs is 5. The van der Waals surface area contributed by atoms with E-state index >= 15 is 8.78 Å². The third kappa shape index (κ3) is 1.97.